The van der Waals surface area contributed by atoms with Crippen molar-refractivity contribution in [2.45, 2.75) is 77.0 Å². The molecule has 5 rings (SSSR count). The fraction of sp³-hybridized carbons (Fsp3) is 0.405. The molecule has 0 aliphatic heterocycles. The maximum atomic E-state index is 14.0. The summed E-state index contributed by atoms with van der Waals surface area (Å²) in [4.78, 5) is 37.7. The van der Waals surface area contributed by atoms with Gasteiger partial charge in [-0.15, -0.1) is 0 Å². The molecule has 2 unspecified atom stereocenters. The van der Waals surface area contributed by atoms with Gasteiger partial charge in [-0.1, -0.05) is 39.3 Å². The zero-order valence-corrected chi connectivity index (χ0v) is 35.5. The van der Waals surface area contributed by atoms with E-state index in [1.165, 1.54) is 12.3 Å². The van der Waals surface area contributed by atoms with Crippen LogP contribution in [0, 0.1) is 33.4 Å². The smallest absolute Gasteiger partial charge is 0.350 e. The van der Waals surface area contributed by atoms with Crippen LogP contribution in [0.15, 0.2) is 59.7 Å². The SMILES string of the molecule is COC(=O)C(Oc1ccc(F)cc1F)C(O)c1c([N+](=O)[O-])cnn1COCC[Si](C)(C)C.C[Si](C)(C)CCOCn1ncc2[nH]c(=O)c(Oc3ccc(F)cc3F)cc21. The lowest BCUT2D eigenvalue weighted by molar-refractivity contribution is -0.386. The van der Waals surface area contributed by atoms with Crippen molar-refractivity contribution >= 4 is 38.8 Å². The molecule has 22 heteroatoms. The second-order valence-corrected chi connectivity index (χ2v) is 26.8. The van der Waals surface area contributed by atoms with Crippen molar-refractivity contribution in [1.82, 2.24) is 24.5 Å². The molecule has 320 valence electrons. The molecule has 0 spiro atoms. The van der Waals surface area contributed by atoms with E-state index in [0.29, 0.717) is 36.4 Å². The highest BCUT2D eigenvalue weighted by atomic mass is 28.3. The third-order valence-corrected chi connectivity index (χ3v) is 11.8. The van der Waals surface area contributed by atoms with E-state index in [-0.39, 0.29) is 30.7 Å². The number of aliphatic hydroxyl groups excluding tert-OH is 1. The minimum absolute atomic E-state index is 0.114. The number of ether oxygens (including phenoxy) is 5. The van der Waals surface area contributed by atoms with Crippen LogP contribution in [0.1, 0.15) is 11.8 Å². The van der Waals surface area contributed by atoms with Crippen LogP contribution in [0.25, 0.3) is 11.0 Å². The summed E-state index contributed by atoms with van der Waals surface area (Å²) >= 11 is 0. The Hall–Kier alpha value is -5.43. The molecule has 3 aromatic heterocycles. The largest absolute Gasteiger partial charge is 0.472 e. The minimum atomic E-state index is -1.98. The van der Waals surface area contributed by atoms with Gasteiger partial charge in [-0.05, 0) is 36.4 Å². The molecule has 2 aromatic carbocycles. The first kappa shape index (κ1) is 46.3. The molecule has 2 atom stereocenters. The Morgan fingerprint density at radius 2 is 1.39 bits per heavy atom. The van der Waals surface area contributed by atoms with Crippen molar-refractivity contribution in [2.75, 3.05) is 20.3 Å². The molecule has 5 aromatic rings. The number of pyridine rings is 1. The molecule has 3 heterocycles. The number of carbonyl (C=O) groups excluding carboxylic acids is 1. The van der Waals surface area contributed by atoms with E-state index < -0.39 is 79.5 Å². The first-order valence-electron chi connectivity index (χ1n) is 18.1. The number of nitrogens with zero attached hydrogens (tertiary/aromatic N) is 5. The number of nitro groups is 1. The molecule has 0 saturated carbocycles. The number of nitrogens with one attached hydrogen (secondary N) is 1. The summed E-state index contributed by atoms with van der Waals surface area (Å²) in [5, 5.41) is 30.4. The van der Waals surface area contributed by atoms with Crippen LogP contribution in [0.4, 0.5) is 23.2 Å². The summed E-state index contributed by atoms with van der Waals surface area (Å²) in [5.74, 6) is -5.67. The highest BCUT2D eigenvalue weighted by Gasteiger charge is 2.39. The number of aromatic nitrogens is 5. The van der Waals surface area contributed by atoms with Gasteiger partial charge >= 0.3 is 11.7 Å². The van der Waals surface area contributed by atoms with E-state index in [9.17, 15) is 42.4 Å². The zero-order valence-electron chi connectivity index (χ0n) is 33.5. The summed E-state index contributed by atoms with van der Waals surface area (Å²) in [7, 11) is -1.58. The van der Waals surface area contributed by atoms with E-state index in [1.54, 1.807) is 4.68 Å². The summed E-state index contributed by atoms with van der Waals surface area (Å²) in [6.07, 6.45) is -1.47. The lowest BCUT2D eigenvalue weighted by atomic mass is 10.1. The predicted octanol–water partition coefficient (Wildman–Crippen LogP) is 7.14. The van der Waals surface area contributed by atoms with E-state index in [2.05, 4.69) is 59.2 Å². The first-order chi connectivity index (χ1) is 27.7. The molecule has 16 nitrogen and oxygen atoms in total. The molecule has 0 aliphatic carbocycles. The molecule has 0 saturated heterocycles. The first-order valence-corrected chi connectivity index (χ1v) is 25.5. The number of aliphatic hydroxyl groups is 1. The van der Waals surface area contributed by atoms with Crippen molar-refractivity contribution in [1.29, 1.82) is 0 Å². The Labute approximate surface area is 337 Å². The van der Waals surface area contributed by atoms with Gasteiger partial charge < -0.3 is 33.8 Å². The lowest BCUT2D eigenvalue weighted by Gasteiger charge is -2.23. The molecule has 0 amide bonds. The average Bonchev–Trinajstić information content (AvgIpc) is 3.75. The third-order valence-electron chi connectivity index (χ3n) is 8.36. The van der Waals surface area contributed by atoms with Gasteiger partial charge in [0.1, 0.15) is 31.3 Å². The van der Waals surface area contributed by atoms with Gasteiger partial charge in [0, 0.05) is 47.6 Å². The van der Waals surface area contributed by atoms with Crippen LogP contribution >= 0.6 is 0 Å². The van der Waals surface area contributed by atoms with Crippen LogP contribution in [0.5, 0.6) is 17.2 Å². The van der Waals surface area contributed by atoms with Gasteiger partial charge in [-0.3, -0.25) is 14.9 Å². The second kappa shape index (κ2) is 20.0. The number of fused-ring (bicyclic) bond motifs is 1. The number of carbonyl (C=O) groups is 1. The number of rotatable bonds is 18. The van der Waals surface area contributed by atoms with Crippen LogP contribution in [-0.2, 0) is 32.5 Å². The number of hydrogen-bond acceptors (Lipinski definition) is 12. The summed E-state index contributed by atoms with van der Waals surface area (Å²) in [6.45, 7) is 14.2. The van der Waals surface area contributed by atoms with Gasteiger partial charge in [-0.2, -0.15) is 10.2 Å². The van der Waals surface area contributed by atoms with E-state index in [1.807, 2.05) is 0 Å². The maximum absolute atomic E-state index is 14.0. The predicted molar refractivity (Wildman–Crippen MR) is 212 cm³/mol. The third kappa shape index (κ3) is 13.3. The average molecular weight is 867 g/mol. The summed E-state index contributed by atoms with van der Waals surface area (Å²) < 4.78 is 83.0. The lowest BCUT2D eigenvalue weighted by Crippen LogP contribution is -2.36. The zero-order chi connectivity index (χ0) is 43.7. The Morgan fingerprint density at radius 3 is 1.92 bits per heavy atom. The standard InChI is InChI=1S/C19H25F2N3O7Si.C18H21F2N3O3Si/c1-29-19(26)18(31-15-6-5-12(20)9-13(15)21)17(25)16-14(24(27)28)10-22-23(16)11-30-7-8-32(2,3)4;1-27(2,3)7-6-25-11-23-15-9-17(18(24)22-14(15)10-21-23)26-16-5-4-12(19)8-13(16)20/h5-6,9-10,17-18,25H,7-8,11H2,1-4H3;4-5,8-10H,6-7,11H2,1-3H3,(H,22,24). The Bertz CT molecular complexity index is 2290. The molecule has 2 N–H and O–H groups in total. The molecule has 0 aliphatic rings. The quantitative estimate of drug-likeness (QED) is 0.0226. The van der Waals surface area contributed by atoms with Gasteiger partial charge in [0.15, 0.2) is 40.7 Å². The van der Waals surface area contributed by atoms with Crippen molar-refractivity contribution in [3.8, 4) is 17.2 Å². The number of benzene rings is 2. The number of esters is 1. The monoisotopic (exact) mass is 866 g/mol. The molecule has 0 fully saturated rings. The summed E-state index contributed by atoms with van der Waals surface area (Å²) in [5.41, 5.74) is -0.421. The van der Waals surface area contributed by atoms with Crippen LogP contribution in [0.3, 0.4) is 0 Å². The fourth-order valence-corrected chi connectivity index (χ4v) is 6.59. The number of hydrogen-bond donors (Lipinski definition) is 2. The van der Waals surface area contributed by atoms with E-state index in [4.69, 9.17) is 18.9 Å². The topological polar surface area (TPSA) is 195 Å². The van der Waals surface area contributed by atoms with Crippen molar-refractivity contribution in [3.05, 3.63) is 104 Å². The highest BCUT2D eigenvalue weighted by molar-refractivity contribution is 6.76. The number of methoxy groups -OCH3 is 1. The number of halogens is 4. The van der Waals surface area contributed by atoms with Gasteiger partial charge in [0.2, 0.25) is 6.10 Å². The number of H-pyrrole nitrogens is 1. The normalized spacial score (nSPS) is 12.7. The van der Waals surface area contributed by atoms with Crippen LogP contribution in [-0.4, -0.2) is 83.1 Å². The number of aromatic amines is 1. The van der Waals surface area contributed by atoms with Crippen LogP contribution in [0.2, 0.25) is 51.4 Å². The van der Waals surface area contributed by atoms with Gasteiger partial charge in [0.05, 0.1) is 29.3 Å². The molecular formula is C37H46F4N6O10Si2. The van der Waals surface area contributed by atoms with Crippen molar-refractivity contribution < 1.29 is 56.1 Å². The summed E-state index contributed by atoms with van der Waals surface area (Å²) in [6, 6.07) is 8.52. The van der Waals surface area contributed by atoms with Gasteiger partial charge in [-0.25, -0.2) is 31.7 Å². The highest BCUT2D eigenvalue weighted by Crippen LogP contribution is 2.31. The molecule has 0 bridgehead atoms. The van der Waals surface area contributed by atoms with Crippen molar-refractivity contribution in [3.63, 3.8) is 0 Å². The Morgan fingerprint density at radius 1 is 0.847 bits per heavy atom. The Kier molecular flexibility index (Phi) is 15.7. The minimum Gasteiger partial charge on any atom is -0.472 e. The van der Waals surface area contributed by atoms with Gasteiger partial charge in [0.25, 0.3) is 5.56 Å². The second-order valence-electron chi connectivity index (χ2n) is 15.5. The maximum Gasteiger partial charge on any atom is 0.350 e. The van der Waals surface area contributed by atoms with E-state index >= 15 is 0 Å². The molecule has 0 radical (unpaired) electrons. The molecular weight excluding hydrogens is 821 g/mol. The van der Waals surface area contributed by atoms with E-state index in [0.717, 1.165) is 54.3 Å². The van der Waals surface area contributed by atoms with Crippen molar-refractivity contribution in [2.24, 2.45) is 0 Å². The Balaban J connectivity index is 0.000000264. The molecule has 59 heavy (non-hydrogen) atoms. The fourth-order valence-electron chi connectivity index (χ4n) is 5.07. The van der Waals surface area contributed by atoms with Crippen LogP contribution < -0.4 is 15.0 Å².